The van der Waals surface area contributed by atoms with Gasteiger partial charge in [0.15, 0.2) is 10.9 Å². The molecule has 2 N–H and O–H groups in total. The highest BCUT2D eigenvalue weighted by molar-refractivity contribution is 7.80. The van der Waals surface area contributed by atoms with Crippen LogP contribution in [0.15, 0.2) is 42.5 Å². The zero-order valence-corrected chi connectivity index (χ0v) is 18.5. The van der Waals surface area contributed by atoms with Crippen LogP contribution in [-0.4, -0.2) is 45.1 Å². The molecule has 0 saturated heterocycles. The van der Waals surface area contributed by atoms with E-state index in [4.69, 9.17) is 21.7 Å². The average Bonchev–Trinajstić information content (AvgIpc) is 3.35. The highest BCUT2D eigenvalue weighted by atomic mass is 32.1. The van der Waals surface area contributed by atoms with Gasteiger partial charge in [0.1, 0.15) is 22.1 Å². The van der Waals surface area contributed by atoms with Crippen molar-refractivity contribution in [1.29, 1.82) is 0 Å². The highest BCUT2D eigenvalue weighted by Gasteiger charge is 2.20. The number of hydrogen-bond acceptors (Lipinski definition) is 8. The fraction of sp³-hybridized carbons (Fsp3) is 0.150. The molecule has 2 aromatic carbocycles. The van der Waals surface area contributed by atoms with Crippen molar-refractivity contribution in [2.24, 2.45) is 0 Å². The largest absolute Gasteiger partial charge is 0.496 e. The Balaban J connectivity index is 1.57. The molecule has 0 radical (unpaired) electrons. The summed E-state index contributed by atoms with van der Waals surface area (Å²) in [6.45, 7) is 1.84. The Hall–Kier alpha value is -3.57. The molecule has 2 heterocycles. The Morgan fingerprint density at radius 3 is 2.45 bits per heavy atom. The minimum Gasteiger partial charge on any atom is -0.496 e. The number of amides is 1. The summed E-state index contributed by atoms with van der Waals surface area (Å²) in [6.07, 6.45) is 0. The van der Waals surface area contributed by atoms with Crippen LogP contribution in [0.2, 0.25) is 0 Å². The molecule has 0 aliphatic rings. The molecule has 31 heavy (non-hydrogen) atoms. The molecule has 0 fully saturated rings. The van der Waals surface area contributed by atoms with E-state index in [-0.39, 0.29) is 10.7 Å². The van der Waals surface area contributed by atoms with Gasteiger partial charge in [-0.1, -0.05) is 29.5 Å². The molecule has 2 aromatic heterocycles. The van der Waals surface area contributed by atoms with E-state index in [0.29, 0.717) is 28.0 Å². The van der Waals surface area contributed by atoms with Gasteiger partial charge in [-0.25, -0.2) is 0 Å². The number of fused-ring (bicyclic) bond motifs is 1. The number of carbonyl (C=O) groups is 1. The summed E-state index contributed by atoms with van der Waals surface area (Å²) in [5.74, 6) is 1.03. The molecule has 158 valence electrons. The molecule has 1 amide bonds. The van der Waals surface area contributed by atoms with E-state index in [1.165, 1.54) is 25.6 Å². The number of benzene rings is 2. The Labute approximate surface area is 187 Å². The number of ether oxygens (including phenoxy) is 2. The Morgan fingerprint density at radius 1 is 1.06 bits per heavy atom. The smallest absolute Gasteiger partial charge is 0.264 e. The lowest BCUT2D eigenvalue weighted by Crippen LogP contribution is -2.34. The molecule has 11 heteroatoms. The molecular formula is C20H18N6O3S2. The first kappa shape index (κ1) is 20.7. The van der Waals surface area contributed by atoms with Crippen molar-refractivity contribution in [3.8, 4) is 22.1 Å². The third-order valence-corrected chi connectivity index (χ3v) is 5.57. The van der Waals surface area contributed by atoms with Crippen LogP contribution >= 0.6 is 23.6 Å². The lowest BCUT2D eigenvalue weighted by Gasteiger charge is -2.15. The predicted molar refractivity (Wildman–Crippen MR) is 122 cm³/mol. The van der Waals surface area contributed by atoms with Crippen LogP contribution in [0, 0.1) is 6.92 Å². The van der Waals surface area contributed by atoms with E-state index in [1.807, 2.05) is 31.2 Å². The number of methoxy groups -OCH3 is 2. The first-order valence-corrected chi connectivity index (χ1v) is 10.4. The molecule has 0 unspecified atom stereocenters. The van der Waals surface area contributed by atoms with Gasteiger partial charge in [0.05, 0.1) is 19.9 Å². The number of carbonyl (C=O) groups excluding carboxylic acids is 1. The summed E-state index contributed by atoms with van der Waals surface area (Å²) in [6, 6.07) is 12.6. The zero-order chi connectivity index (χ0) is 22.0. The first-order valence-electron chi connectivity index (χ1n) is 9.13. The van der Waals surface area contributed by atoms with Crippen LogP contribution < -0.4 is 20.1 Å². The zero-order valence-electron chi connectivity index (χ0n) is 16.9. The van der Waals surface area contributed by atoms with Gasteiger partial charge in [0.25, 0.3) is 5.91 Å². The van der Waals surface area contributed by atoms with Gasteiger partial charge in [-0.05, 0) is 43.4 Å². The molecular weight excluding hydrogens is 436 g/mol. The molecule has 0 aliphatic heterocycles. The first-order chi connectivity index (χ1) is 15.0. The van der Waals surface area contributed by atoms with Crippen molar-refractivity contribution in [2.45, 2.75) is 6.92 Å². The maximum absolute atomic E-state index is 12.9. The van der Waals surface area contributed by atoms with Gasteiger partial charge < -0.3 is 14.8 Å². The average molecular weight is 455 g/mol. The molecule has 4 aromatic rings. The van der Waals surface area contributed by atoms with Crippen LogP contribution in [0.4, 0.5) is 5.69 Å². The van der Waals surface area contributed by atoms with Gasteiger partial charge in [-0.2, -0.15) is 9.61 Å². The van der Waals surface area contributed by atoms with E-state index in [9.17, 15) is 4.79 Å². The summed E-state index contributed by atoms with van der Waals surface area (Å²) in [5, 5.41) is 19.3. The molecule has 9 nitrogen and oxygen atoms in total. The fourth-order valence-electron chi connectivity index (χ4n) is 3.00. The summed E-state index contributed by atoms with van der Waals surface area (Å²) in [4.78, 5) is 13.5. The SMILES string of the molecule is COc1cccc(OC)c1C(=O)NC(=S)Nc1ccccc1-c1nn2c(C)nnc2s1. The minimum absolute atomic E-state index is 0.129. The van der Waals surface area contributed by atoms with Crippen LogP contribution in [0.1, 0.15) is 16.2 Å². The van der Waals surface area contributed by atoms with E-state index < -0.39 is 5.91 Å². The van der Waals surface area contributed by atoms with E-state index >= 15 is 0 Å². The molecule has 4 rings (SSSR count). The Morgan fingerprint density at radius 2 is 1.77 bits per heavy atom. The third-order valence-electron chi connectivity index (χ3n) is 4.43. The van der Waals surface area contributed by atoms with Gasteiger partial charge in [-0.3, -0.25) is 10.1 Å². The van der Waals surface area contributed by atoms with Crippen molar-refractivity contribution < 1.29 is 14.3 Å². The monoisotopic (exact) mass is 454 g/mol. The molecule has 0 aliphatic carbocycles. The number of para-hydroxylation sites is 1. The Bertz CT molecular complexity index is 1260. The number of hydrogen-bond donors (Lipinski definition) is 2. The lowest BCUT2D eigenvalue weighted by atomic mass is 10.1. The maximum Gasteiger partial charge on any atom is 0.264 e. The van der Waals surface area contributed by atoms with Crippen LogP contribution in [0.3, 0.4) is 0 Å². The molecule has 0 bridgehead atoms. The molecule has 0 atom stereocenters. The van der Waals surface area contributed by atoms with Crippen molar-refractivity contribution in [2.75, 3.05) is 19.5 Å². The Kier molecular flexibility index (Phi) is 5.78. The van der Waals surface area contributed by atoms with Gasteiger partial charge in [0.2, 0.25) is 4.96 Å². The summed E-state index contributed by atoms with van der Waals surface area (Å²) >= 11 is 6.79. The van der Waals surface area contributed by atoms with Crippen molar-refractivity contribution in [3.05, 3.63) is 53.9 Å². The van der Waals surface area contributed by atoms with Crippen LogP contribution in [0.5, 0.6) is 11.5 Å². The van der Waals surface area contributed by atoms with E-state index in [1.54, 1.807) is 22.7 Å². The topological polar surface area (TPSA) is 103 Å². The normalized spacial score (nSPS) is 10.7. The van der Waals surface area contributed by atoms with Crippen molar-refractivity contribution >= 4 is 45.2 Å². The number of nitrogens with one attached hydrogen (secondary N) is 2. The standard InChI is InChI=1S/C20H18N6O3S2/c1-11-23-24-20-26(11)25-18(31-20)12-7-4-5-8-13(12)21-19(30)22-17(27)16-14(28-2)9-6-10-15(16)29-3/h4-10H,1-3H3,(H2,21,22,27,30). The summed E-state index contributed by atoms with van der Waals surface area (Å²) in [5.41, 5.74) is 1.78. The van der Waals surface area contributed by atoms with Gasteiger partial charge >= 0.3 is 0 Å². The second-order valence-corrected chi connectivity index (χ2v) is 7.70. The number of anilines is 1. The third kappa shape index (κ3) is 4.05. The predicted octanol–water partition coefficient (Wildman–Crippen LogP) is 3.31. The quantitative estimate of drug-likeness (QED) is 0.443. The molecule has 0 spiro atoms. The molecule has 0 saturated carbocycles. The number of rotatable bonds is 5. The highest BCUT2D eigenvalue weighted by Crippen LogP contribution is 2.32. The van der Waals surface area contributed by atoms with E-state index in [0.717, 1.165) is 10.6 Å². The van der Waals surface area contributed by atoms with Crippen LogP contribution in [-0.2, 0) is 0 Å². The lowest BCUT2D eigenvalue weighted by molar-refractivity contribution is 0.0971. The van der Waals surface area contributed by atoms with Gasteiger partial charge in [0, 0.05) is 5.56 Å². The van der Waals surface area contributed by atoms with Crippen LogP contribution in [0.25, 0.3) is 15.5 Å². The maximum atomic E-state index is 12.9. The second-order valence-electron chi connectivity index (χ2n) is 6.34. The number of aromatic nitrogens is 4. The number of aryl methyl sites for hydroxylation is 1. The van der Waals surface area contributed by atoms with Gasteiger partial charge in [-0.15, -0.1) is 10.2 Å². The summed E-state index contributed by atoms with van der Waals surface area (Å²) in [7, 11) is 2.97. The summed E-state index contributed by atoms with van der Waals surface area (Å²) < 4.78 is 12.3. The van der Waals surface area contributed by atoms with Crippen molar-refractivity contribution in [3.63, 3.8) is 0 Å². The van der Waals surface area contributed by atoms with E-state index in [2.05, 4.69) is 25.9 Å². The fourth-order valence-corrected chi connectivity index (χ4v) is 4.12. The minimum atomic E-state index is -0.446. The number of thiocarbonyl (C=S) groups is 1. The second kappa shape index (κ2) is 8.66. The number of nitrogens with zero attached hydrogens (tertiary/aromatic N) is 4. The van der Waals surface area contributed by atoms with Crippen molar-refractivity contribution in [1.82, 2.24) is 25.1 Å².